The number of ether oxygens (including phenoxy) is 2. The lowest BCUT2D eigenvalue weighted by molar-refractivity contribution is -0.147. The van der Waals surface area contributed by atoms with Crippen LogP contribution in [0.15, 0.2) is 12.2 Å². The lowest BCUT2D eigenvalue weighted by Gasteiger charge is -2.20. The van der Waals surface area contributed by atoms with Crippen molar-refractivity contribution in [2.75, 3.05) is 7.11 Å². The van der Waals surface area contributed by atoms with E-state index in [1.165, 1.54) is 7.11 Å². The molecule has 2 rings (SSSR count). The van der Waals surface area contributed by atoms with Crippen LogP contribution in [-0.2, 0) is 14.3 Å². The normalized spacial score (nSPS) is 37.8. The first-order chi connectivity index (χ1) is 6.22. The van der Waals surface area contributed by atoms with Gasteiger partial charge in [0.25, 0.3) is 0 Å². The van der Waals surface area contributed by atoms with Crippen LogP contribution in [0.2, 0.25) is 0 Å². The first-order valence-corrected chi connectivity index (χ1v) is 4.64. The molecule has 13 heavy (non-hydrogen) atoms. The molecule has 0 amide bonds. The van der Waals surface area contributed by atoms with Crippen LogP contribution in [0.5, 0.6) is 0 Å². The maximum absolute atomic E-state index is 11.3. The minimum absolute atomic E-state index is 0.0510. The third-order valence-electron chi connectivity index (χ3n) is 2.99. The van der Waals surface area contributed by atoms with Crippen molar-refractivity contribution in [3.8, 4) is 0 Å². The topological polar surface area (TPSA) is 35.5 Å². The summed E-state index contributed by atoms with van der Waals surface area (Å²) in [5, 5.41) is 0. The van der Waals surface area contributed by atoms with E-state index in [0.717, 1.165) is 6.42 Å². The molecule has 1 saturated heterocycles. The number of rotatable bonds is 2. The van der Waals surface area contributed by atoms with Crippen molar-refractivity contribution in [1.82, 2.24) is 0 Å². The maximum atomic E-state index is 11.3. The average molecular weight is 182 g/mol. The van der Waals surface area contributed by atoms with Gasteiger partial charge in [0, 0.05) is 5.92 Å². The van der Waals surface area contributed by atoms with Gasteiger partial charge in [0.1, 0.15) is 0 Å². The molecular formula is C10H14O3. The summed E-state index contributed by atoms with van der Waals surface area (Å²) in [5.41, 5.74) is 0. The molecule has 2 aliphatic heterocycles. The highest BCUT2D eigenvalue weighted by Crippen LogP contribution is 2.38. The van der Waals surface area contributed by atoms with Gasteiger partial charge in [-0.15, -0.1) is 0 Å². The van der Waals surface area contributed by atoms with Crippen LogP contribution in [0.25, 0.3) is 0 Å². The van der Waals surface area contributed by atoms with E-state index in [9.17, 15) is 4.79 Å². The van der Waals surface area contributed by atoms with Gasteiger partial charge in [-0.3, -0.25) is 4.79 Å². The largest absolute Gasteiger partial charge is 0.469 e. The molecular weight excluding hydrogens is 168 g/mol. The monoisotopic (exact) mass is 182 g/mol. The quantitative estimate of drug-likeness (QED) is 0.474. The van der Waals surface area contributed by atoms with Crippen molar-refractivity contribution < 1.29 is 14.3 Å². The number of fused-ring (bicyclic) bond motifs is 2. The van der Waals surface area contributed by atoms with Gasteiger partial charge in [-0.1, -0.05) is 19.1 Å². The van der Waals surface area contributed by atoms with E-state index in [1.807, 2.05) is 6.92 Å². The molecule has 0 aromatic heterocycles. The standard InChI is InChI=1S/C10H14O3/c1-6(10(11)12-2)8-5-7-3-4-9(8)13-7/h3-4,6-9H,5H2,1-2H3. The van der Waals surface area contributed by atoms with Gasteiger partial charge in [0.05, 0.1) is 25.2 Å². The third kappa shape index (κ3) is 1.37. The summed E-state index contributed by atoms with van der Waals surface area (Å²) in [6.45, 7) is 1.91. The van der Waals surface area contributed by atoms with E-state index in [-0.39, 0.29) is 24.1 Å². The van der Waals surface area contributed by atoms with Crippen LogP contribution in [0.1, 0.15) is 13.3 Å². The summed E-state index contributed by atoms with van der Waals surface area (Å²) in [7, 11) is 1.43. The highest BCUT2D eigenvalue weighted by atomic mass is 16.5. The third-order valence-corrected chi connectivity index (χ3v) is 2.99. The van der Waals surface area contributed by atoms with Crippen LogP contribution < -0.4 is 0 Å². The molecule has 0 aliphatic carbocycles. The highest BCUT2D eigenvalue weighted by Gasteiger charge is 2.42. The zero-order chi connectivity index (χ0) is 9.42. The molecule has 2 bridgehead atoms. The molecule has 2 aliphatic rings. The van der Waals surface area contributed by atoms with Gasteiger partial charge in [0.2, 0.25) is 0 Å². The Morgan fingerprint density at radius 3 is 2.85 bits per heavy atom. The van der Waals surface area contributed by atoms with E-state index in [4.69, 9.17) is 9.47 Å². The van der Waals surface area contributed by atoms with Gasteiger partial charge in [-0.05, 0) is 6.42 Å². The summed E-state index contributed by atoms with van der Waals surface area (Å²) >= 11 is 0. The second kappa shape index (κ2) is 3.14. The predicted octanol–water partition coefficient (Wildman–Crippen LogP) is 1.14. The van der Waals surface area contributed by atoms with Crippen LogP contribution in [0, 0.1) is 11.8 Å². The van der Waals surface area contributed by atoms with E-state index in [2.05, 4.69) is 12.2 Å². The zero-order valence-electron chi connectivity index (χ0n) is 7.90. The SMILES string of the molecule is COC(=O)C(C)C1CC2C=CC1O2. The highest BCUT2D eigenvalue weighted by molar-refractivity contribution is 5.72. The molecule has 0 aromatic rings. The second-order valence-corrected chi connectivity index (χ2v) is 3.74. The smallest absolute Gasteiger partial charge is 0.308 e. The Labute approximate surface area is 77.7 Å². The van der Waals surface area contributed by atoms with Gasteiger partial charge < -0.3 is 9.47 Å². The van der Waals surface area contributed by atoms with E-state index >= 15 is 0 Å². The summed E-state index contributed by atoms with van der Waals surface area (Å²) < 4.78 is 10.3. The van der Waals surface area contributed by atoms with E-state index < -0.39 is 0 Å². The molecule has 72 valence electrons. The Morgan fingerprint density at radius 1 is 1.62 bits per heavy atom. The fourth-order valence-electron chi connectivity index (χ4n) is 2.16. The molecule has 0 N–H and O–H groups in total. The second-order valence-electron chi connectivity index (χ2n) is 3.74. The number of methoxy groups -OCH3 is 1. The summed E-state index contributed by atoms with van der Waals surface area (Å²) in [6.07, 6.45) is 5.46. The Morgan fingerprint density at radius 2 is 2.38 bits per heavy atom. The van der Waals surface area contributed by atoms with Gasteiger partial charge in [0.15, 0.2) is 0 Å². The summed E-state index contributed by atoms with van der Waals surface area (Å²) in [5.74, 6) is 0.127. The molecule has 0 spiro atoms. The van der Waals surface area contributed by atoms with Crippen molar-refractivity contribution in [3.05, 3.63) is 12.2 Å². The molecule has 0 radical (unpaired) electrons. The van der Waals surface area contributed by atoms with Crippen LogP contribution in [-0.4, -0.2) is 25.3 Å². The van der Waals surface area contributed by atoms with Crippen molar-refractivity contribution in [2.24, 2.45) is 11.8 Å². The summed E-state index contributed by atoms with van der Waals surface area (Å²) in [6, 6.07) is 0. The number of carbonyl (C=O) groups is 1. The van der Waals surface area contributed by atoms with Crippen molar-refractivity contribution in [1.29, 1.82) is 0 Å². The van der Waals surface area contributed by atoms with Gasteiger partial charge in [-0.2, -0.15) is 0 Å². The zero-order valence-corrected chi connectivity index (χ0v) is 7.90. The van der Waals surface area contributed by atoms with Crippen molar-refractivity contribution in [2.45, 2.75) is 25.6 Å². The molecule has 3 heteroatoms. The lowest BCUT2D eigenvalue weighted by Crippen LogP contribution is -2.28. The molecule has 3 nitrogen and oxygen atoms in total. The predicted molar refractivity (Wildman–Crippen MR) is 47.1 cm³/mol. The van der Waals surface area contributed by atoms with Gasteiger partial charge in [-0.25, -0.2) is 0 Å². The summed E-state index contributed by atoms with van der Waals surface area (Å²) in [4.78, 5) is 11.3. The maximum Gasteiger partial charge on any atom is 0.308 e. The molecule has 2 heterocycles. The van der Waals surface area contributed by atoms with Crippen molar-refractivity contribution in [3.63, 3.8) is 0 Å². The average Bonchev–Trinajstić information content (AvgIpc) is 2.76. The Kier molecular flexibility index (Phi) is 2.12. The fraction of sp³-hybridized carbons (Fsp3) is 0.700. The van der Waals surface area contributed by atoms with Crippen LogP contribution >= 0.6 is 0 Å². The minimum atomic E-state index is -0.130. The first kappa shape index (κ1) is 8.75. The number of hydrogen-bond acceptors (Lipinski definition) is 3. The minimum Gasteiger partial charge on any atom is -0.469 e. The first-order valence-electron chi connectivity index (χ1n) is 4.64. The number of carbonyl (C=O) groups excluding carboxylic acids is 1. The Hall–Kier alpha value is -0.830. The van der Waals surface area contributed by atoms with Crippen LogP contribution in [0.4, 0.5) is 0 Å². The molecule has 4 unspecified atom stereocenters. The molecule has 1 fully saturated rings. The number of hydrogen-bond donors (Lipinski definition) is 0. The number of esters is 1. The molecule has 4 atom stereocenters. The fourth-order valence-corrected chi connectivity index (χ4v) is 2.16. The van der Waals surface area contributed by atoms with E-state index in [1.54, 1.807) is 0 Å². The Bertz CT molecular complexity index is 247. The lowest BCUT2D eigenvalue weighted by atomic mass is 9.84. The van der Waals surface area contributed by atoms with E-state index in [0.29, 0.717) is 5.92 Å². The molecule has 0 aromatic carbocycles. The molecule has 0 saturated carbocycles. The Balaban J connectivity index is 2.02. The van der Waals surface area contributed by atoms with Crippen LogP contribution in [0.3, 0.4) is 0 Å². The van der Waals surface area contributed by atoms with Gasteiger partial charge >= 0.3 is 5.97 Å². The van der Waals surface area contributed by atoms with Crippen molar-refractivity contribution >= 4 is 5.97 Å².